The van der Waals surface area contributed by atoms with Crippen molar-refractivity contribution < 1.29 is 4.79 Å². The largest absolute Gasteiger partial charge is 0.333 e. The van der Waals surface area contributed by atoms with Crippen molar-refractivity contribution in [3.05, 3.63) is 17.5 Å². The summed E-state index contributed by atoms with van der Waals surface area (Å²) in [6, 6.07) is 1.84. The molecule has 1 aliphatic rings. The third-order valence-corrected chi connectivity index (χ3v) is 3.42. The number of amides is 1. The van der Waals surface area contributed by atoms with E-state index in [0.717, 1.165) is 12.1 Å². The molecule has 0 bridgehead atoms. The Balaban J connectivity index is 2.11. The van der Waals surface area contributed by atoms with Gasteiger partial charge in [0.25, 0.3) is 5.91 Å². The van der Waals surface area contributed by atoms with Gasteiger partial charge in [-0.25, -0.2) is 0 Å². The first-order valence-corrected chi connectivity index (χ1v) is 6.11. The highest BCUT2D eigenvalue weighted by Gasteiger charge is 2.41. The number of likely N-dealkylation sites (tertiary alicyclic amines) is 1. The summed E-state index contributed by atoms with van der Waals surface area (Å²) < 4.78 is 1.75. The van der Waals surface area contributed by atoms with Crippen LogP contribution in [0, 0.1) is 6.92 Å². The number of aromatic nitrogens is 2. The summed E-state index contributed by atoms with van der Waals surface area (Å²) in [7, 11) is 0. The number of carbonyl (C=O) groups is 1. The zero-order valence-corrected chi connectivity index (χ0v) is 10.7. The number of carbonyl (C=O) groups excluding carboxylic acids is 1. The monoisotopic (exact) mass is 236 g/mol. The molecular weight excluding hydrogens is 216 g/mol. The molecule has 0 spiro atoms. The Kier molecular flexibility index (Phi) is 2.95. The molecule has 5 nitrogen and oxygen atoms in total. The smallest absolute Gasteiger partial charge is 0.272 e. The summed E-state index contributed by atoms with van der Waals surface area (Å²) in [6.45, 7) is 7.95. The summed E-state index contributed by atoms with van der Waals surface area (Å²) in [4.78, 5) is 14.0. The number of hydrogen-bond acceptors (Lipinski definition) is 3. The number of aryl methyl sites for hydroxylation is 2. The Labute approximate surface area is 102 Å². The van der Waals surface area contributed by atoms with Crippen molar-refractivity contribution >= 4 is 5.91 Å². The number of rotatable bonds is 3. The SMILES string of the molecule is CCn1nc(C)cc1C(=O)N1CC(N)(CC)C1. The van der Waals surface area contributed by atoms with Gasteiger partial charge >= 0.3 is 0 Å². The Hall–Kier alpha value is -1.36. The summed E-state index contributed by atoms with van der Waals surface area (Å²) >= 11 is 0. The van der Waals surface area contributed by atoms with Crippen molar-refractivity contribution in [3.63, 3.8) is 0 Å². The standard InChI is InChI=1S/C12H20N4O/c1-4-12(13)7-15(8-12)11(17)10-6-9(3)14-16(10)5-2/h6H,4-5,7-8,13H2,1-3H3. The summed E-state index contributed by atoms with van der Waals surface area (Å²) in [5.41, 5.74) is 7.44. The van der Waals surface area contributed by atoms with Crippen LogP contribution in [0.15, 0.2) is 6.07 Å². The maximum absolute atomic E-state index is 12.2. The fourth-order valence-corrected chi connectivity index (χ4v) is 2.20. The van der Waals surface area contributed by atoms with Crippen molar-refractivity contribution in [2.75, 3.05) is 13.1 Å². The van der Waals surface area contributed by atoms with Crippen LogP contribution in [0.2, 0.25) is 0 Å². The van der Waals surface area contributed by atoms with Gasteiger partial charge in [-0.3, -0.25) is 9.48 Å². The van der Waals surface area contributed by atoms with Crippen molar-refractivity contribution in [1.82, 2.24) is 14.7 Å². The van der Waals surface area contributed by atoms with Crippen LogP contribution in [-0.2, 0) is 6.54 Å². The molecule has 0 aromatic carbocycles. The molecule has 1 aromatic rings. The molecule has 1 amide bonds. The summed E-state index contributed by atoms with van der Waals surface area (Å²) in [5, 5.41) is 4.29. The Morgan fingerprint density at radius 1 is 1.53 bits per heavy atom. The second-order valence-electron chi connectivity index (χ2n) is 4.86. The molecule has 5 heteroatoms. The number of nitrogens with two attached hydrogens (primary N) is 1. The first-order chi connectivity index (χ1) is 7.99. The third kappa shape index (κ3) is 2.07. The van der Waals surface area contributed by atoms with E-state index in [1.165, 1.54) is 0 Å². The van der Waals surface area contributed by atoms with E-state index in [0.29, 0.717) is 25.3 Å². The second-order valence-corrected chi connectivity index (χ2v) is 4.86. The molecule has 0 unspecified atom stereocenters. The average Bonchev–Trinajstić information content (AvgIpc) is 2.65. The number of hydrogen-bond donors (Lipinski definition) is 1. The van der Waals surface area contributed by atoms with Gasteiger partial charge in [-0.2, -0.15) is 5.10 Å². The zero-order chi connectivity index (χ0) is 12.6. The van der Waals surface area contributed by atoms with Gasteiger partial charge < -0.3 is 10.6 Å². The fourth-order valence-electron chi connectivity index (χ4n) is 2.20. The van der Waals surface area contributed by atoms with Crippen LogP contribution in [0.25, 0.3) is 0 Å². The highest BCUT2D eigenvalue weighted by molar-refractivity contribution is 5.93. The van der Waals surface area contributed by atoms with E-state index in [4.69, 9.17) is 5.73 Å². The molecule has 1 saturated heterocycles. The molecule has 0 aliphatic carbocycles. The predicted octanol–water partition coefficient (Wildman–Crippen LogP) is 0.775. The van der Waals surface area contributed by atoms with Crippen LogP contribution in [-0.4, -0.2) is 39.2 Å². The lowest BCUT2D eigenvalue weighted by molar-refractivity contribution is 0.0389. The van der Waals surface area contributed by atoms with Gasteiger partial charge in [0.05, 0.1) is 11.2 Å². The number of nitrogens with zero attached hydrogens (tertiary/aromatic N) is 3. The predicted molar refractivity (Wildman–Crippen MR) is 65.8 cm³/mol. The van der Waals surface area contributed by atoms with Gasteiger partial charge in [0, 0.05) is 19.6 Å². The van der Waals surface area contributed by atoms with Crippen LogP contribution < -0.4 is 5.73 Å². The van der Waals surface area contributed by atoms with Gasteiger partial charge in [0.15, 0.2) is 0 Å². The highest BCUT2D eigenvalue weighted by atomic mass is 16.2. The van der Waals surface area contributed by atoms with Crippen molar-refractivity contribution in [3.8, 4) is 0 Å². The van der Waals surface area contributed by atoms with Crippen LogP contribution in [0.3, 0.4) is 0 Å². The average molecular weight is 236 g/mol. The first-order valence-electron chi connectivity index (χ1n) is 6.11. The van der Waals surface area contributed by atoms with Gasteiger partial charge in [-0.1, -0.05) is 6.92 Å². The molecule has 0 atom stereocenters. The Morgan fingerprint density at radius 3 is 2.71 bits per heavy atom. The lowest BCUT2D eigenvalue weighted by Crippen LogP contribution is -2.68. The Bertz CT molecular complexity index is 432. The van der Waals surface area contributed by atoms with Crippen molar-refractivity contribution in [1.29, 1.82) is 0 Å². The fraction of sp³-hybridized carbons (Fsp3) is 0.667. The van der Waals surface area contributed by atoms with E-state index >= 15 is 0 Å². The zero-order valence-electron chi connectivity index (χ0n) is 10.7. The molecule has 2 N–H and O–H groups in total. The van der Waals surface area contributed by atoms with Crippen LogP contribution in [0.5, 0.6) is 0 Å². The normalized spacial score (nSPS) is 18.0. The van der Waals surface area contributed by atoms with E-state index in [2.05, 4.69) is 12.0 Å². The molecule has 2 heterocycles. The lowest BCUT2D eigenvalue weighted by atomic mass is 9.88. The maximum atomic E-state index is 12.2. The molecule has 0 saturated carbocycles. The second kappa shape index (κ2) is 4.14. The molecule has 0 radical (unpaired) electrons. The van der Waals surface area contributed by atoms with E-state index in [1.54, 1.807) is 9.58 Å². The minimum atomic E-state index is -0.179. The van der Waals surface area contributed by atoms with Gasteiger partial charge in [-0.05, 0) is 26.3 Å². The molecule has 94 valence electrons. The van der Waals surface area contributed by atoms with E-state index in [1.807, 2.05) is 19.9 Å². The minimum absolute atomic E-state index is 0.0435. The van der Waals surface area contributed by atoms with Gasteiger partial charge in [-0.15, -0.1) is 0 Å². The third-order valence-electron chi connectivity index (χ3n) is 3.42. The molecule has 1 aliphatic heterocycles. The first kappa shape index (κ1) is 12.1. The maximum Gasteiger partial charge on any atom is 0.272 e. The van der Waals surface area contributed by atoms with Gasteiger partial charge in [0.1, 0.15) is 5.69 Å². The summed E-state index contributed by atoms with van der Waals surface area (Å²) in [5.74, 6) is 0.0435. The Morgan fingerprint density at radius 2 is 2.18 bits per heavy atom. The highest BCUT2D eigenvalue weighted by Crippen LogP contribution is 2.23. The van der Waals surface area contributed by atoms with Gasteiger partial charge in [0.2, 0.25) is 0 Å². The van der Waals surface area contributed by atoms with Crippen LogP contribution in [0.4, 0.5) is 0 Å². The molecule has 1 aromatic heterocycles. The van der Waals surface area contributed by atoms with E-state index < -0.39 is 0 Å². The topological polar surface area (TPSA) is 64.2 Å². The van der Waals surface area contributed by atoms with Crippen LogP contribution in [0.1, 0.15) is 36.5 Å². The molecule has 17 heavy (non-hydrogen) atoms. The van der Waals surface area contributed by atoms with E-state index in [-0.39, 0.29) is 11.4 Å². The van der Waals surface area contributed by atoms with Crippen molar-refractivity contribution in [2.24, 2.45) is 5.73 Å². The quantitative estimate of drug-likeness (QED) is 0.843. The minimum Gasteiger partial charge on any atom is -0.333 e. The summed E-state index contributed by atoms with van der Waals surface area (Å²) in [6.07, 6.45) is 0.906. The van der Waals surface area contributed by atoms with Crippen LogP contribution >= 0.6 is 0 Å². The van der Waals surface area contributed by atoms with Crippen molar-refractivity contribution in [2.45, 2.75) is 39.3 Å². The molecule has 2 rings (SSSR count). The van der Waals surface area contributed by atoms with E-state index in [9.17, 15) is 4.79 Å². The molecule has 1 fully saturated rings. The lowest BCUT2D eigenvalue weighted by Gasteiger charge is -2.47. The molecular formula is C12H20N4O.